The summed E-state index contributed by atoms with van der Waals surface area (Å²) in [6.07, 6.45) is 0. The van der Waals surface area contributed by atoms with Gasteiger partial charge in [0.15, 0.2) is 5.43 Å². The smallest absolute Gasteiger partial charge is 0.197 e. The number of aromatic amines is 1. The molecule has 1 N–H and O–H groups in total. The maximum atomic E-state index is 12.2. The molecule has 1 heterocycles. The highest BCUT2D eigenvalue weighted by molar-refractivity contribution is 6.35. The lowest BCUT2D eigenvalue weighted by molar-refractivity contribution is 1.48. The van der Waals surface area contributed by atoms with E-state index < -0.39 is 0 Å². The van der Waals surface area contributed by atoms with E-state index in [4.69, 9.17) is 23.2 Å². The first kappa shape index (κ1) is 10.6. The molecule has 0 saturated carbocycles. The van der Waals surface area contributed by atoms with Crippen LogP contribution in [0.15, 0.2) is 41.2 Å². The van der Waals surface area contributed by atoms with Crippen LogP contribution in [0, 0.1) is 0 Å². The van der Waals surface area contributed by atoms with Crippen molar-refractivity contribution in [3.05, 3.63) is 56.7 Å². The zero-order chi connectivity index (χ0) is 12.0. The Morgan fingerprint density at radius 3 is 2.65 bits per heavy atom. The Balaban J connectivity index is 2.62. The van der Waals surface area contributed by atoms with Gasteiger partial charge in [-0.2, -0.15) is 0 Å². The normalized spacial score (nSPS) is 11.2. The van der Waals surface area contributed by atoms with E-state index in [1.54, 1.807) is 36.4 Å². The number of fused-ring (bicyclic) bond motifs is 2. The van der Waals surface area contributed by atoms with Gasteiger partial charge in [-0.25, -0.2) is 0 Å². The molecule has 0 radical (unpaired) electrons. The number of benzene rings is 2. The zero-order valence-corrected chi connectivity index (χ0v) is 10.1. The predicted octanol–water partition coefficient (Wildman–Crippen LogP) is 3.99. The molecule has 0 aliphatic carbocycles. The van der Waals surface area contributed by atoms with Gasteiger partial charge in [-0.05, 0) is 30.3 Å². The number of aromatic nitrogens is 1. The molecule has 2 aromatic carbocycles. The summed E-state index contributed by atoms with van der Waals surface area (Å²) in [6, 6.07) is 10.4. The van der Waals surface area contributed by atoms with Crippen LogP contribution >= 0.6 is 23.2 Å². The Hall–Kier alpha value is -1.51. The highest BCUT2D eigenvalue weighted by atomic mass is 35.5. The first-order valence-electron chi connectivity index (χ1n) is 5.06. The molecule has 3 rings (SSSR count). The summed E-state index contributed by atoms with van der Waals surface area (Å²) in [5.74, 6) is 0. The minimum absolute atomic E-state index is 0.0343. The third-order valence-corrected chi connectivity index (χ3v) is 3.29. The maximum Gasteiger partial charge on any atom is 0.197 e. The van der Waals surface area contributed by atoms with Crippen molar-refractivity contribution in [2.24, 2.45) is 0 Å². The van der Waals surface area contributed by atoms with Crippen molar-refractivity contribution < 1.29 is 0 Å². The van der Waals surface area contributed by atoms with Crippen molar-refractivity contribution in [3.8, 4) is 0 Å². The second-order valence-corrected chi connectivity index (χ2v) is 4.65. The number of hydrogen-bond donors (Lipinski definition) is 1. The summed E-state index contributed by atoms with van der Waals surface area (Å²) in [6.45, 7) is 0. The minimum atomic E-state index is -0.0343. The molecule has 0 saturated heterocycles. The Kier molecular flexibility index (Phi) is 2.35. The summed E-state index contributed by atoms with van der Waals surface area (Å²) in [5, 5.41) is 2.32. The first-order chi connectivity index (χ1) is 8.16. The van der Waals surface area contributed by atoms with Gasteiger partial charge in [0.1, 0.15) is 0 Å². The summed E-state index contributed by atoms with van der Waals surface area (Å²) >= 11 is 12.0. The highest BCUT2D eigenvalue weighted by Gasteiger charge is 2.07. The van der Waals surface area contributed by atoms with E-state index in [-0.39, 0.29) is 5.43 Å². The second kappa shape index (κ2) is 3.76. The van der Waals surface area contributed by atoms with Gasteiger partial charge in [0, 0.05) is 15.8 Å². The Bertz CT molecular complexity index is 792. The molecule has 4 heteroatoms. The SMILES string of the molecule is O=c1c2ccc(Cl)cc2[nH]c2c(Cl)cccc12. The van der Waals surface area contributed by atoms with Crippen LogP contribution < -0.4 is 5.43 Å². The zero-order valence-electron chi connectivity index (χ0n) is 8.63. The molecule has 0 amide bonds. The molecular formula is C13H7Cl2NO. The number of pyridine rings is 1. The molecule has 0 spiro atoms. The lowest BCUT2D eigenvalue weighted by Crippen LogP contribution is -2.04. The van der Waals surface area contributed by atoms with Crippen molar-refractivity contribution in [3.63, 3.8) is 0 Å². The number of H-pyrrole nitrogens is 1. The summed E-state index contributed by atoms with van der Waals surface area (Å²) in [5.41, 5.74) is 1.31. The summed E-state index contributed by atoms with van der Waals surface area (Å²) in [4.78, 5) is 15.4. The van der Waals surface area contributed by atoms with Crippen LogP contribution in [-0.2, 0) is 0 Å². The lowest BCUT2D eigenvalue weighted by atomic mass is 10.1. The summed E-state index contributed by atoms with van der Waals surface area (Å²) < 4.78 is 0. The Labute approximate surface area is 107 Å². The van der Waals surface area contributed by atoms with Gasteiger partial charge in [0.05, 0.1) is 16.1 Å². The number of para-hydroxylation sites is 1. The van der Waals surface area contributed by atoms with Crippen LogP contribution in [-0.4, -0.2) is 4.98 Å². The van der Waals surface area contributed by atoms with Crippen molar-refractivity contribution in [2.45, 2.75) is 0 Å². The van der Waals surface area contributed by atoms with Crippen molar-refractivity contribution in [1.29, 1.82) is 0 Å². The molecule has 2 nitrogen and oxygen atoms in total. The van der Waals surface area contributed by atoms with Crippen LogP contribution in [0.1, 0.15) is 0 Å². The second-order valence-electron chi connectivity index (χ2n) is 3.81. The number of halogens is 2. The topological polar surface area (TPSA) is 32.9 Å². The van der Waals surface area contributed by atoms with E-state index in [2.05, 4.69) is 4.98 Å². The fourth-order valence-electron chi connectivity index (χ4n) is 1.94. The molecule has 0 unspecified atom stereocenters. The van der Waals surface area contributed by atoms with Crippen molar-refractivity contribution in [1.82, 2.24) is 4.98 Å². The largest absolute Gasteiger partial charge is 0.353 e. The molecule has 0 fully saturated rings. The highest BCUT2D eigenvalue weighted by Crippen LogP contribution is 2.23. The van der Waals surface area contributed by atoms with Gasteiger partial charge >= 0.3 is 0 Å². The average Bonchev–Trinajstić information content (AvgIpc) is 2.30. The van der Waals surface area contributed by atoms with E-state index >= 15 is 0 Å². The van der Waals surface area contributed by atoms with Gasteiger partial charge in [-0.3, -0.25) is 4.79 Å². The van der Waals surface area contributed by atoms with Crippen LogP contribution in [0.5, 0.6) is 0 Å². The maximum absolute atomic E-state index is 12.2. The molecule has 3 aromatic rings. The van der Waals surface area contributed by atoms with Crippen molar-refractivity contribution in [2.75, 3.05) is 0 Å². The Morgan fingerprint density at radius 1 is 1.00 bits per heavy atom. The van der Waals surface area contributed by atoms with Crippen LogP contribution in [0.2, 0.25) is 10.0 Å². The molecule has 84 valence electrons. The fourth-order valence-corrected chi connectivity index (χ4v) is 2.33. The van der Waals surface area contributed by atoms with Gasteiger partial charge in [0.2, 0.25) is 0 Å². The quantitative estimate of drug-likeness (QED) is 0.612. The molecule has 0 bridgehead atoms. The van der Waals surface area contributed by atoms with Gasteiger partial charge in [0.25, 0.3) is 0 Å². The van der Waals surface area contributed by atoms with E-state index in [9.17, 15) is 4.79 Å². The molecule has 1 aromatic heterocycles. The molecule has 17 heavy (non-hydrogen) atoms. The van der Waals surface area contributed by atoms with Gasteiger partial charge in [-0.15, -0.1) is 0 Å². The number of nitrogens with one attached hydrogen (secondary N) is 1. The van der Waals surface area contributed by atoms with Gasteiger partial charge < -0.3 is 4.98 Å². The predicted molar refractivity (Wildman–Crippen MR) is 72.1 cm³/mol. The third kappa shape index (κ3) is 1.61. The van der Waals surface area contributed by atoms with E-state index in [1.165, 1.54) is 0 Å². The average molecular weight is 264 g/mol. The monoisotopic (exact) mass is 263 g/mol. The van der Waals surface area contributed by atoms with Crippen LogP contribution in [0.25, 0.3) is 21.8 Å². The Morgan fingerprint density at radius 2 is 1.82 bits per heavy atom. The van der Waals surface area contributed by atoms with E-state index in [1.807, 2.05) is 0 Å². The van der Waals surface area contributed by atoms with Crippen LogP contribution in [0.3, 0.4) is 0 Å². The van der Waals surface area contributed by atoms with Crippen molar-refractivity contribution >= 4 is 45.0 Å². The van der Waals surface area contributed by atoms with Gasteiger partial charge in [-0.1, -0.05) is 29.3 Å². The van der Waals surface area contributed by atoms with E-state index in [0.717, 1.165) is 0 Å². The first-order valence-corrected chi connectivity index (χ1v) is 5.82. The molecular weight excluding hydrogens is 257 g/mol. The number of hydrogen-bond acceptors (Lipinski definition) is 1. The van der Waals surface area contributed by atoms with Crippen LogP contribution in [0.4, 0.5) is 0 Å². The van der Waals surface area contributed by atoms with E-state index in [0.29, 0.717) is 31.9 Å². The molecule has 0 aliphatic heterocycles. The lowest BCUT2D eigenvalue weighted by Gasteiger charge is -2.04. The summed E-state index contributed by atoms with van der Waals surface area (Å²) in [7, 11) is 0. The third-order valence-electron chi connectivity index (χ3n) is 2.74. The number of rotatable bonds is 0. The molecule has 0 aliphatic rings. The fraction of sp³-hybridized carbons (Fsp3) is 0. The molecule has 0 atom stereocenters. The minimum Gasteiger partial charge on any atom is -0.353 e. The standard InChI is InChI=1S/C13H7Cl2NO/c14-7-4-5-8-11(6-7)16-12-9(13(8)17)2-1-3-10(12)15/h1-6H,(H,16,17).